The predicted molar refractivity (Wildman–Crippen MR) is 71.5 cm³/mol. The van der Waals surface area contributed by atoms with Crippen LogP contribution in [0.2, 0.25) is 0 Å². The fraction of sp³-hybridized carbons (Fsp3) is 0.333. The second kappa shape index (κ2) is 6.02. The van der Waals surface area contributed by atoms with Crippen molar-refractivity contribution in [1.82, 2.24) is 4.72 Å². The van der Waals surface area contributed by atoms with Gasteiger partial charge in [0.2, 0.25) is 15.9 Å². The van der Waals surface area contributed by atoms with E-state index < -0.39 is 34.4 Å². The van der Waals surface area contributed by atoms with Gasteiger partial charge in [-0.2, -0.15) is 4.72 Å². The Morgan fingerprint density at radius 2 is 1.95 bits per heavy atom. The third-order valence-corrected chi connectivity index (χ3v) is 4.25. The summed E-state index contributed by atoms with van der Waals surface area (Å²) in [6.07, 6.45) is -0.612. The Labute approximate surface area is 116 Å². The molecular weight excluding hydrogens is 284 g/mol. The molecule has 0 aliphatic heterocycles. The Hall–Kier alpha value is -1.93. The first-order chi connectivity index (χ1) is 9.13. The summed E-state index contributed by atoms with van der Waals surface area (Å²) in [6.45, 7) is 3.41. The van der Waals surface area contributed by atoms with Gasteiger partial charge in [-0.25, -0.2) is 8.42 Å². The molecule has 0 bridgehead atoms. The van der Waals surface area contributed by atoms with Gasteiger partial charge in [0.05, 0.1) is 11.3 Å². The highest BCUT2D eigenvalue weighted by Gasteiger charge is 2.27. The van der Waals surface area contributed by atoms with Crippen LogP contribution in [0.3, 0.4) is 0 Å². The molecule has 0 aliphatic rings. The summed E-state index contributed by atoms with van der Waals surface area (Å²) in [7, 11) is -4.04. The largest absolute Gasteiger partial charge is 0.480 e. The fourth-order valence-corrected chi connectivity index (χ4v) is 3.15. The number of aryl methyl sites for hydroxylation is 2. The molecule has 0 saturated heterocycles. The number of primary amides is 1. The zero-order valence-electron chi connectivity index (χ0n) is 11.1. The summed E-state index contributed by atoms with van der Waals surface area (Å²) in [5, 5.41) is 8.91. The van der Waals surface area contributed by atoms with Crippen molar-refractivity contribution in [3.05, 3.63) is 29.3 Å². The van der Waals surface area contributed by atoms with Crippen molar-refractivity contribution in [2.45, 2.75) is 31.2 Å². The van der Waals surface area contributed by atoms with Crippen LogP contribution in [0.25, 0.3) is 0 Å². The third-order valence-electron chi connectivity index (χ3n) is 2.62. The zero-order valence-corrected chi connectivity index (χ0v) is 11.9. The third kappa shape index (κ3) is 4.04. The molecule has 0 fully saturated rings. The van der Waals surface area contributed by atoms with Gasteiger partial charge in [-0.1, -0.05) is 17.7 Å². The minimum Gasteiger partial charge on any atom is -0.480 e. The smallest absolute Gasteiger partial charge is 0.322 e. The van der Waals surface area contributed by atoms with Crippen LogP contribution >= 0.6 is 0 Å². The molecule has 0 heterocycles. The Morgan fingerprint density at radius 1 is 1.35 bits per heavy atom. The number of carbonyl (C=O) groups excluding carboxylic acids is 1. The number of hydrogen-bond acceptors (Lipinski definition) is 4. The van der Waals surface area contributed by atoms with Crippen LogP contribution in [0.1, 0.15) is 17.5 Å². The topological polar surface area (TPSA) is 127 Å². The minimum absolute atomic E-state index is 0.0289. The van der Waals surface area contributed by atoms with E-state index in [9.17, 15) is 18.0 Å². The van der Waals surface area contributed by atoms with Gasteiger partial charge >= 0.3 is 5.97 Å². The van der Waals surface area contributed by atoms with Crippen LogP contribution in [0.5, 0.6) is 0 Å². The van der Waals surface area contributed by atoms with E-state index in [4.69, 9.17) is 10.8 Å². The summed E-state index contributed by atoms with van der Waals surface area (Å²) in [5.74, 6) is -2.36. The number of hydrogen-bond donors (Lipinski definition) is 3. The number of aliphatic carboxylic acids is 1. The van der Waals surface area contributed by atoms with Crippen LogP contribution in [-0.4, -0.2) is 31.4 Å². The molecule has 0 spiro atoms. The highest BCUT2D eigenvalue weighted by atomic mass is 32.2. The van der Waals surface area contributed by atoms with E-state index in [1.54, 1.807) is 19.1 Å². The first-order valence-corrected chi connectivity index (χ1v) is 7.22. The number of benzene rings is 1. The number of carboxylic acid groups (broad SMARTS) is 1. The molecule has 8 heteroatoms. The molecule has 4 N–H and O–H groups in total. The van der Waals surface area contributed by atoms with Crippen LogP contribution in [-0.2, 0) is 19.6 Å². The zero-order chi connectivity index (χ0) is 15.5. The molecule has 1 aromatic rings. The van der Waals surface area contributed by atoms with Crippen molar-refractivity contribution in [3.63, 3.8) is 0 Å². The molecule has 1 aromatic carbocycles. The number of sulfonamides is 1. The molecule has 0 saturated carbocycles. The summed E-state index contributed by atoms with van der Waals surface area (Å²) in [6, 6.07) is 3.07. The summed E-state index contributed by atoms with van der Waals surface area (Å²) in [4.78, 5) is 21.7. The Morgan fingerprint density at radius 3 is 2.40 bits per heavy atom. The molecule has 20 heavy (non-hydrogen) atoms. The normalized spacial score (nSPS) is 12.9. The fourth-order valence-electron chi connectivity index (χ4n) is 1.73. The molecule has 1 atom stereocenters. The van der Waals surface area contributed by atoms with Crippen LogP contribution in [0.4, 0.5) is 0 Å². The first-order valence-electron chi connectivity index (χ1n) is 5.74. The van der Waals surface area contributed by atoms with Crippen molar-refractivity contribution in [2.24, 2.45) is 5.73 Å². The van der Waals surface area contributed by atoms with Gasteiger partial charge in [-0.05, 0) is 25.5 Å². The number of carbonyl (C=O) groups is 2. The number of rotatable bonds is 6. The number of nitrogens with two attached hydrogens (primary N) is 1. The van der Waals surface area contributed by atoms with Crippen molar-refractivity contribution in [2.75, 3.05) is 0 Å². The van der Waals surface area contributed by atoms with E-state index in [1.165, 1.54) is 6.07 Å². The molecule has 1 rings (SSSR count). The summed E-state index contributed by atoms with van der Waals surface area (Å²) in [5.41, 5.74) is 6.27. The second-order valence-corrected chi connectivity index (χ2v) is 6.13. The maximum absolute atomic E-state index is 12.1. The van der Waals surface area contributed by atoms with Gasteiger partial charge in [-0.15, -0.1) is 0 Å². The second-order valence-electron chi connectivity index (χ2n) is 4.45. The summed E-state index contributed by atoms with van der Waals surface area (Å²) >= 11 is 0. The molecule has 1 amide bonds. The predicted octanol–water partition coefficient (Wildman–Crippen LogP) is -0.0897. The van der Waals surface area contributed by atoms with Crippen molar-refractivity contribution in [1.29, 1.82) is 0 Å². The standard InChI is InChI=1S/C12H16N2O5S/c1-7-3-4-10(8(2)5-7)20(18,19)14-9(12(16)17)6-11(13)15/h3-5,9,14H,6H2,1-2H3,(H2,13,15)(H,16,17). The quantitative estimate of drug-likeness (QED) is 0.676. The Balaban J connectivity index is 3.09. The van der Waals surface area contributed by atoms with E-state index in [0.717, 1.165) is 5.56 Å². The van der Waals surface area contributed by atoms with Crippen LogP contribution in [0, 0.1) is 13.8 Å². The summed E-state index contributed by atoms with van der Waals surface area (Å²) < 4.78 is 26.2. The molecule has 0 aliphatic carbocycles. The molecule has 7 nitrogen and oxygen atoms in total. The Kier molecular flexibility index (Phi) is 4.85. The lowest BCUT2D eigenvalue weighted by molar-refractivity contribution is -0.140. The molecular formula is C12H16N2O5S. The number of nitrogens with one attached hydrogen (secondary N) is 1. The van der Waals surface area contributed by atoms with Crippen LogP contribution < -0.4 is 10.5 Å². The number of carboxylic acids is 1. The van der Waals surface area contributed by atoms with Gasteiger partial charge in [0.1, 0.15) is 6.04 Å². The maximum atomic E-state index is 12.1. The molecule has 110 valence electrons. The molecule has 0 radical (unpaired) electrons. The van der Waals surface area contributed by atoms with Gasteiger partial charge in [-0.3, -0.25) is 9.59 Å². The SMILES string of the molecule is Cc1ccc(S(=O)(=O)NC(CC(N)=O)C(=O)O)c(C)c1. The van der Waals surface area contributed by atoms with E-state index in [2.05, 4.69) is 0 Å². The van der Waals surface area contributed by atoms with Gasteiger partial charge in [0.15, 0.2) is 0 Å². The van der Waals surface area contributed by atoms with E-state index >= 15 is 0 Å². The van der Waals surface area contributed by atoms with Crippen LogP contribution in [0.15, 0.2) is 23.1 Å². The van der Waals surface area contributed by atoms with Gasteiger partial charge in [0.25, 0.3) is 0 Å². The first kappa shape index (κ1) is 16.1. The lowest BCUT2D eigenvalue weighted by Gasteiger charge is -2.14. The highest BCUT2D eigenvalue weighted by Crippen LogP contribution is 2.17. The average molecular weight is 300 g/mol. The van der Waals surface area contributed by atoms with E-state index in [1.807, 2.05) is 11.6 Å². The lowest BCUT2D eigenvalue weighted by Crippen LogP contribution is -2.43. The highest BCUT2D eigenvalue weighted by molar-refractivity contribution is 7.89. The maximum Gasteiger partial charge on any atom is 0.322 e. The molecule has 0 aromatic heterocycles. The monoisotopic (exact) mass is 300 g/mol. The minimum atomic E-state index is -4.04. The lowest BCUT2D eigenvalue weighted by atomic mass is 10.2. The Bertz CT molecular complexity index is 639. The van der Waals surface area contributed by atoms with E-state index in [-0.39, 0.29) is 4.90 Å². The average Bonchev–Trinajstić information content (AvgIpc) is 2.26. The van der Waals surface area contributed by atoms with E-state index in [0.29, 0.717) is 5.56 Å². The number of amides is 1. The van der Waals surface area contributed by atoms with Gasteiger partial charge in [0, 0.05) is 0 Å². The molecule has 1 unspecified atom stereocenters. The van der Waals surface area contributed by atoms with Crippen molar-refractivity contribution >= 4 is 21.9 Å². The van der Waals surface area contributed by atoms with Gasteiger partial charge < -0.3 is 10.8 Å². The van der Waals surface area contributed by atoms with Crippen molar-refractivity contribution in [3.8, 4) is 0 Å². The van der Waals surface area contributed by atoms with Crippen molar-refractivity contribution < 1.29 is 23.1 Å².